The molecule has 0 radical (unpaired) electrons. The summed E-state index contributed by atoms with van der Waals surface area (Å²) in [6.45, 7) is 0. The number of nitrogens with two attached hydrogens (primary N) is 1. The van der Waals surface area contributed by atoms with Crippen LogP contribution in [0, 0.1) is 0 Å². The van der Waals surface area contributed by atoms with Gasteiger partial charge in [-0.1, -0.05) is 30.3 Å². The molecule has 3 rings (SSSR count). The van der Waals surface area contributed by atoms with E-state index < -0.39 is 5.91 Å². The number of carbonyl (C=O) groups is 2. The second-order valence-corrected chi connectivity index (χ2v) is 4.39. The molecule has 0 bridgehead atoms. The van der Waals surface area contributed by atoms with E-state index in [9.17, 15) is 9.59 Å². The van der Waals surface area contributed by atoms with Crippen LogP contribution < -0.4 is 5.73 Å². The van der Waals surface area contributed by atoms with Gasteiger partial charge < -0.3 is 10.7 Å². The van der Waals surface area contributed by atoms with Gasteiger partial charge in [0.1, 0.15) is 17.6 Å². The minimum absolute atomic E-state index is 0.384. The highest BCUT2D eigenvalue weighted by molar-refractivity contribution is 6.04. The summed E-state index contributed by atoms with van der Waals surface area (Å²) in [7, 11) is 0. The van der Waals surface area contributed by atoms with Crippen LogP contribution in [0.2, 0.25) is 0 Å². The van der Waals surface area contributed by atoms with Crippen LogP contribution >= 0.6 is 0 Å². The number of hydrogen-bond acceptors (Lipinski definition) is 3. The summed E-state index contributed by atoms with van der Waals surface area (Å²) in [5.74, 6) is 0.121. The standard InChI is InChI=1S/C15H11N3O2/c16-14(20)11-2-1-3-12-13(11)18-15(17-12)10-6-4-9(8-19)5-7-10/h1-8H,(H2,16,20)(H,17,18). The molecule has 5 nitrogen and oxygen atoms in total. The molecule has 0 fully saturated rings. The number of imidazole rings is 1. The first-order chi connectivity index (χ1) is 9.69. The number of fused-ring (bicyclic) bond motifs is 1. The lowest BCUT2D eigenvalue weighted by atomic mass is 10.1. The maximum Gasteiger partial charge on any atom is 0.250 e. The number of rotatable bonds is 3. The summed E-state index contributed by atoms with van der Waals surface area (Å²) in [6.07, 6.45) is 0.785. The minimum Gasteiger partial charge on any atom is -0.366 e. The number of H-pyrrole nitrogens is 1. The van der Waals surface area contributed by atoms with Gasteiger partial charge >= 0.3 is 0 Å². The molecule has 0 unspecified atom stereocenters. The van der Waals surface area contributed by atoms with Crippen molar-refractivity contribution in [2.45, 2.75) is 0 Å². The van der Waals surface area contributed by atoms with Crippen LogP contribution in [0.1, 0.15) is 20.7 Å². The Morgan fingerprint density at radius 2 is 1.90 bits per heavy atom. The van der Waals surface area contributed by atoms with Gasteiger partial charge in [-0.15, -0.1) is 0 Å². The van der Waals surface area contributed by atoms with Crippen molar-refractivity contribution >= 4 is 23.2 Å². The fraction of sp³-hybridized carbons (Fsp3) is 0. The number of benzene rings is 2. The van der Waals surface area contributed by atoms with E-state index in [1.807, 2.05) is 6.07 Å². The average Bonchev–Trinajstić information content (AvgIpc) is 2.90. The molecule has 20 heavy (non-hydrogen) atoms. The van der Waals surface area contributed by atoms with Crippen molar-refractivity contribution in [2.24, 2.45) is 5.73 Å². The molecule has 98 valence electrons. The molecule has 3 aromatic rings. The second kappa shape index (κ2) is 4.62. The highest BCUT2D eigenvalue weighted by atomic mass is 16.1. The third-order valence-corrected chi connectivity index (χ3v) is 3.10. The van der Waals surface area contributed by atoms with Gasteiger partial charge in [0.25, 0.3) is 5.91 Å². The SMILES string of the molecule is NC(=O)c1cccc2[nH]c(-c3ccc(C=O)cc3)nc12. The first-order valence-corrected chi connectivity index (χ1v) is 6.03. The van der Waals surface area contributed by atoms with Gasteiger partial charge in [0, 0.05) is 11.1 Å². The van der Waals surface area contributed by atoms with Crippen LogP contribution in [-0.2, 0) is 0 Å². The molecule has 0 saturated carbocycles. The first kappa shape index (κ1) is 12.1. The van der Waals surface area contributed by atoms with Crippen LogP contribution in [0.25, 0.3) is 22.4 Å². The molecular weight excluding hydrogens is 254 g/mol. The fourth-order valence-corrected chi connectivity index (χ4v) is 2.09. The summed E-state index contributed by atoms with van der Waals surface area (Å²) in [5.41, 5.74) is 8.45. The molecular formula is C15H11N3O2. The van der Waals surface area contributed by atoms with E-state index in [0.717, 1.165) is 17.4 Å². The number of carbonyl (C=O) groups excluding carboxylic acids is 2. The van der Waals surface area contributed by atoms with Crippen LogP contribution in [-0.4, -0.2) is 22.2 Å². The van der Waals surface area contributed by atoms with E-state index in [-0.39, 0.29) is 0 Å². The Kier molecular flexibility index (Phi) is 2.80. The Bertz CT molecular complexity index is 804. The molecule has 0 atom stereocenters. The van der Waals surface area contributed by atoms with Gasteiger partial charge in [-0.2, -0.15) is 0 Å². The van der Waals surface area contributed by atoms with Gasteiger partial charge in [-0.25, -0.2) is 4.98 Å². The van der Waals surface area contributed by atoms with E-state index in [4.69, 9.17) is 5.73 Å². The molecule has 0 aliphatic carbocycles. The normalized spacial score (nSPS) is 10.6. The van der Waals surface area contributed by atoms with Crippen molar-refractivity contribution in [3.8, 4) is 11.4 Å². The third kappa shape index (κ3) is 1.95. The van der Waals surface area contributed by atoms with Gasteiger partial charge in [-0.05, 0) is 12.1 Å². The van der Waals surface area contributed by atoms with Gasteiger partial charge in [-0.3, -0.25) is 9.59 Å². The molecule has 5 heteroatoms. The van der Waals surface area contributed by atoms with E-state index in [1.54, 1.807) is 36.4 Å². The Labute approximate surface area is 114 Å². The number of primary amides is 1. The van der Waals surface area contributed by atoms with Gasteiger partial charge in [0.05, 0.1) is 11.1 Å². The largest absolute Gasteiger partial charge is 0.366 e. The Balaban J connectivity index is 2.14. The highest BCUT2D eigenvalue weighted by Crippen LogP contribution is 2.22. The lowest BCUT2D eigenvalue weighted by molar-refractivity contribution is 0.100. The van der Waals surface area contributed by atoms with Gasteiger partial charge in [0.2, 0.25) is 0 Å². The third-order valence-electron chi connectivity index (χ3n) is 3.10. The number of aromatic nitrogens is 2. The number of aldehydes is 1. The predicted molar refractivity (Wildman–Crippen MR) is 75.4 cm³/mol. The summed E-state index contributed by atoms with van der Waals surface area (Å²) in [4.78, 5) is 29.6. The molecule has 3 N–H and O–H groups in total. The first-order valence-electron chi connectivity index (χ1n) is 6.03. The minimum atomic E-state index is -0.509. The number of aromatic amines is 1. The molecule has 1 heterocycles. The maximum atomic E-state index is 11.4. The second-order valence-electron chi connectivity index (χ2n) is 4.39. The van der Waals surface area contributed by atoms with Crippen molar-refractivity contribution in [2.75, 3.05) is 0 Å². The molecule has 1 amide bonds. The van der Waals surface area contributed by atoms with E-state index in [1.165, 1.54) is 0 Å². The number of nitrogens with zero attached hydrogens (tertiary/aromatic N) is 1. The number of amides is 1. The van der Waals surface area contributed by atoms with Crippen molar-refractivity contribution in [3.63, 3.8) is 0 Å². The predicted octanol–water partition coefficient (Wildman–Crippen LogP) is 2.14. The molecule has 0 saturated heterocycles. The smallest absolute Gasteiger partial charge is 0.250 e. The topological polar surface area (TPSA) is 88.8 Å². The lowest BCUT2D eigenvalue weighted by Gasteiger charge is -1.96. The summed E-state index contributed by atoms with van der Waals surface area (Å²) in [5, 5.41) is 0. The summed E-state index contributed by atoms with van der Waals surface area (Å²) >= 11 is 0. The van der Waals surface area contributed by atoms with Crippen molar-refractivity contribution in [1.82, 2.24) is 9.97 Å². The van der Waals surface area contributed by atoms with E-state index in [0.29, 0.717) is 22.5 Å². The molecule has 0 aliphatic rings. The zero-order valence-electron chi connectivity index (χ0n) is 10.5. The zero-order valence-corrected chi connectivity index (χ0v) is 10.5. The molecule has 0 spiro atoms. The molecule has 1 aromatic heterocycles. The lowest BCUT2D eigenvalue weighted by Crippen LogP contribution is -2.11. The number of nitrogens with one attached hydrogen (secondary N) is 1. The van der Waals surface area contributed by atoms with Crippen molar-refractivity contribution in [1.29, 1.82) is 0 Å². The van der Waals surface area contributed by atoms with E-state index >= 15 is 0 Å². The van der Waals surface area contributed by atoms with Crippen LogP contribution in [0.4, 0.5) is 0 Å². The van der Waals surface area contributed by atoms with Crippen LogP contribution in [0.15, 0.2) is 42.5 Å². The van der Waals surface area contributed by atoms with Crippen molar-refractivity contribution in [3.05, 3.63) is 53.6 Å². The maximum absolute atomic E-state index is 11.4. The van der Waals surface area contributed by atoms with E-state index in [2.05, 4.69) is 9.97 Å². The van der Waals surface area contributed by atoms with Crippen LogP contribution in [0.3, 0.4) is 0 Å². The quantitative estimate of drug-likeness (QED) is 0.711. The number of hydrogen-bond donors (Lipinski definition) is 2. The zero-order chi connectivity index (χ0) is 14.1. The molecule has 0 aliphatic heterocycles. The van der Waals surface area contributed by atoms with Crippen molar-refractivity contribution < 1.29 is 9.59 Å². The Morgan fingerprint density at radius 1 is 1.15 bits per heavy atom. The Hall–Kier alpha value is -2.95. The molecule has 2 aromatic carbocycles. The fourth-order valence-electron chi connectivity index (χ4n) is 2.09. The van der Waals surface area contributed by atoms with Crippen LogP contribution in [0.5, 0.6) is 0 Å². The monoisotopic (exact) mass is 265 g/mol. The average molecular weight is 265 g/mol. The summed E-state index contributed by atoms with van der Waals surface area (Å²) < 4.78 is 0. The highest BCUT2D eigenvalue weighted by Gasteiger charge is 2.11. The number of para-hydroxylation sites is 1. The van der Waals surface area contributed by atoms with Gasteiger partial charge in [0.15, 0.2) is 0 Å². The Morgan fingerprint density at radius 3 is 2.55 bits per heavy atom. The summed E-state index contributed by atoms with van der Waals surface area (Å²) in [6, 6.07) is 12.2.